The van der Waals surface area contributed by atoms with Gasteiger partial charge in [0.2, 0.25) is 0 Å². The molecule has 4 rings (SSSR count). The molecular weight excluding hydrogens is 318 g/mol. The van der Waals surface area contributed by atoms with Gasteiger partial charge < -0.3 is 0 Å². The van der Waals surface area contributed by atoms with Crippen LogP contribution in [-0.2, 0) is 6.42 Å². The van der Waals surface area contributed by atoms with E-state index in [9.17, 15) is 0 Å². The standard InChI is InChI=1S/C20H18ClN3/c1-12-7-6-9-13-15(12)11-20(2,3)24-17(13)19-22-16-10-5-4-8-14(16)18(21)23-19/h4-10H,11H2,1-3H3. The molecule has 0 fully saturated rings. The van der Waals surface area contributed by atoms with Gasteiger partial charge in [0.05, 0.1) is 11.1 Å². The van der Waals surface area contributed by atoms with Crippen LogP contribution in [0.1, 0.15) is 36.4 Å². The number of benzene rings is 2. The number of hydrogen-bond donors (Lipinski definition) is 0. The Morgan fingerprint density at radius 3 is 2.62 bits per heavy atom. The van der Waals surface area contributed by atoms with Crippen LogP contribution in [-0.4, -0.2) is 21.2 Å². The molecular formula is C20H18ClN3. The highest BCUT2D eigenvalue weighted by Crippen LogP contribution is 2.31. The van der Waals surface area contributed by atoms with E-state index in [1.807, 2.05) is 24.3 Å². The molecule has 4 heteroatoms. The first-order valence-electron chi connectivity index (χ1n) is 8.06. The van der Waals surface area contributed by atoms with Gasteiger partial charge in [0.1, 0.15) is 10.9 Å². The summed E-state index contributed by atoms with van der Waals surface area (Å²) >= 11 is 6.40. The van der Waals surface area contributed by atoms with Crippen LogP contribution in [0.4, 0.5) is 0 Å². The van der Waals surface area contributed by atoms with Gasteiger partial charge in [-0.15, -0.1) is 0 Å². The monoisotopic (exact) mass is 335 g/mol. The van der Waals surface area contributed by atoms with Crippen LogP contribution < -0.4 is 0 Å². The maximum absolute atomic E-state index is 6.40. The summed E-state index contributed by atoms with van der Waals surface area (Å²) in [4.78, 5) is 14.2. The molecule has 0 saturated carbocycles. The van der Waals surface area contributed by atoms with Crippen LogP contribution in [0.3, 0.4) is 0 Å². The van der Waals surface area contributed by atoms with E-state index in [1.165, 1.54) is 11.1 Å². The molecule has 0 atom stereocenters. The van der Waals surface area contributed by atoms with Crippen LogP contribution in [0.25, 0.3) is 10.9 Å². The van der Waals surface area contributed by atoms with Gasteiger partial charge in [0.15, 0.2) is 5.82 Å². The Morgan fingerprint density at radius 2 is 1.79 bits per heavy atom. The number of fused-ring (bicyclic) bond motifs is 2. The minimum Gasteiger partial charge on any atom is -0.274 e. The minimum atomic E-state index is -0.185. The summed E-state index contributed by atoms with van der Waals surface area (Å²) in [5, 5.41) is 1.33. The third-order valence-electron chi connectivity index (χ3n) is 4.46. The van der Waals surface area contributed by atoms with Crippen molar-refractivity contribution >= 4 is 28.2 Å². The van der Waals surface area contributed by atoms with Crippen molar-refractivity contribution in [3.8, 4) is 0 Å². The maximum atomic E-state index is 6.40. The summed E-state index contributed by atoms with van der Waals surface area (Å²) in [7, 11) is 0. The SMILES string of the molecule is Cc1cccc2c1CC(C)(C)N=C2c1nc(Cl)c2ccccc2n1. The molecule has 0 saturated heterocycles. The largest absolute Gasteiger partial charge is 0.274 e. The Kier molecular flexibility index (Phi) is 3.43. The predicted molar refractivity (Wildman–Crippen MR) is 99.1 cm³/mol. The fourth-order valence-corrected chi connectivity index (χ4v) is 3.55. The third-order valence-corrected chi connectivity index (χ3v) is 4.75. The van der Waals surface area contributed by atoms with Crippen LogP contribution in [0.5, 0.6) is 0 Å². The van der Waals surface area contributed by atoms with Crippen LogP contribution in [0.15, 0.2) is 47.5 Å². The third kappa shape index (κ3) is 2.49. The second-order valence-electron chi connectivity index (χ2n) is 6.91. The summed E-state index contributed by atoms with van der Waals surface area (Å²) in [6.07, 6.45) is 0.916. The molecule has 2 heterocycles. The molecule has 0 radical (unpaired) electrons. The number of hydrogen-bond acceptors (Lipinski definition) is 3. The summed E-state index contributed by atoms with van der Waals surface area (Å²) < 4.78 is 0. The molecule has 0 unspecified atom stereocenters. The molecule has 1 aliphatic rings. The summed E-state index contributed by atoms with van der Waals surface area (Å²) in [6, 6.07) is 14.1. The van der Waals surface area contributed by atoms with Gasteiger partial charge in [0.25, 0.3) is 0 Å². The van der Waals surface area contributed by atoms with Gasteiger partial charge in [0, 0.05) is 10.9 Å². The average Bonchev–Trinajstić information content (AvgIpc) is 2.54. The highest BCUT2D eigenvalue weighted by atomic mass is 35.5. The number of halogens is 1. The fourth-order valence-electron chi connectivity index (χ4n) is 3.31. The van der Waals surface area contributed by atoms with E-state index in [0.717, 1.165) is 28.6 Å². The molecule has 1 aliphatic heterocycles. The molecule has 0 amide bonds. The lowest BCUT2D eigenvalue weighted by Gasteiger charge is -2.29. The first kappa shape index (κ1) is 15.3. The lowest BCUT2D eigenvalue weighted by atomic mass is 9.84. The maximum Gasteiger partial charge on any atom is 0.180 e. The minimum absolute atomic E-state index is 0.185. The summed E-state index contributed by atoms with van der Waals surface area (Å²) in [5.74, 6) is 0.596. The van der Waals surface area contributed by atoms with Crippen molar-refractivity contribution in [1.29, 1.82) is 0 Å². The van der Waals surface area contributed by atoms with E-state index in [-0.39, 0.29) is 5.54 Å². The molecule has 1 aromatic heterocycles. The zero-order valence-corrected chi connectivity index (χ0v) is 14.7. The van der Waals surface area contributed by atoms with Crippen molar-refractivity contribution in [2.45, 2.75) is 32.7 Å². The molecule has 3 aromatic rings. The summed E-state index contributed by atoms with van der Waals surface area (Å²) in [6.45, 7) is 6.43. The zero-order chi connectivity index (χ0) is 16.9. The number of aryl methyl sites for hydroxylation is 1. The normalized spacial score (nSPS) is 15.9. The van der Waals surface area contributed by atoms with Gasteiger partial charge in [-0.1, -0.05) is 41.9 Å². The number of rotatable bonds is 1. The van der Waals surface area contributed by atoms with Crippen molar-refractivity contribution in [2.24, 2.45) is 4.99 Å². The van der Waals surface area contributed by atoms with E-state index in [4.69, 9.17) is 21.6 Å². The number of para-hydroxylation sites is 1. The van der Waals surface area contributed by atoms with Gasteiger partial charge in [-0.3, -0.25) is 4.99 Å². The quantitative estimate of drug-likeness (QED) is 0.601. The Balaban J connectivity index is 1.99. The number of nitrogens with zero attached hydrogens (tertiary/aromatic N) is 3. The van der Waals surface area contributed by atoms with Gasteiger partial charge in [-0.25, -0.2) is 9.97 Å². The first-order chi connectivity index (χ1) is 11.4. The van der Waals surface area contributed by atoms with Crippen molar-refractivity contribution in [1.82, 2.24) is 9.97 Å². The second-order valence-corrected chi connectivity index (χ2v) is 7.26. The fraction of sp³-hybridized carbons (Fsp3) is 0.250. The molecule has 0 aliphatic carbocycles. The average molecular weight is 336 g/mol. The molecule has 3 nitrogen and oxygen atoms in total. The van der Waals surface area contributed by atoms with Crippen LogP contribution in [0, 0.1) is 6.92 Å². The molecule has 0 spiro atoms. The van der Waals surface area contributed by atoms with E-state index in [1.54, 1.807) is 0 Å². The Bertz CT molecular complexity index is 989. The van der Waals surface area contributed by atoms with E-state index < -0.39 is 0 Å². The van der Waals surface area contributed by atoms with Crippen molar-refractivity contribution < 1.29 is 0 Å². The van der Waals surface area contributed by atoms with Gasteiger partial charge in [-0.2, -0.15) is 0 Å². The van der Waals surface area contributed by atoms with E-state index >= 15 is 0 Å². The smallest absolute Gasteiger partial charge is 0.180 e. The van der Waals surface area contributed by atoms with Crippen LogP contribution in [0.2, 0.25) is 5.15 Å². The van der Waals surface area contributed by atoms with Crippen molar-refractivity contribution in [3.05, 3.63) is 70.1 Å². The highest BCUT2D eigenvalue weighted by Gasteiger charge is 2.29. The Labute approximate surface area is 146 Å². The lowest BCUT2D eigenvalue weighted by molar-refractivity contribution is 0.511. The molecule has 24 heavy (non-hydrogen) atoms. The number of aromatic nitrogens is 2. The molecule has 0 N–H and O–H groups in total. The predicted octanol–water partition coefficient (Wildman–Crippen LogP) is 4.76. The summed E-state index contributed by atoms with van der Waals surface area (Å²) in [5.41, 5.74) is 5.20. The zero-order valence-electron chi connectivity index (χ0n) is 14.0. The molecule has 2 aromatic carbocycles. The molecule has 120 valence electrons. The van der Waals surface area contributed by atoms with Crippen molar-refractivity contribution in [3.63, 3.8) is 0 Å². The Hall–Kier alpha value is -2.26. The second kappa shape index (κ2) is 5.38. The first-order valence-corrected chi connectivity index (χ1v) is 8.44. The van der Waals surface area contributed by atoms with Gasteiger partial charge >= 0.3 is 0 Å². The van der Waals surface area contributed by atoms with E-state index in [2.05, 4.69) is 44.0 Å². The number of aliphatic imine (C=N–C) groups is 1. The topological polar surface area (TPSA) is 38.1 Å². The van der Waals surface area contributed by atoms with Crippen molar-refractivity contribution in [2.75, 3.05) is 0 Å². The lowest BCUT2D eigenvalue weighted by Crippen LogP contribution is -2.30. The van der Waals surface area contributed by atoms with E-state index in [0.29, 0.717) is 11.0 Å². The molecule has 0 bridgehead atoms. The van der Waals surface area contributed by atoms with Gasteiger partial charge in [-0.05, 0) is 50.5 Å². The van der Waals surface area contributed by atoms with Crippen LogP contribution >= 0.6 is 11.6 Å². The highest BCUT2D eigenvalue weighted by molar-refractivity contribution is 6.34. The Morgan fingerprint density at radius 1 is 1.00 bits per heavy atom.